The van der Waals surface area contributed by atoms with Crippen LogP contribution in [0, 0.1) is 6.92 Å². The molecule has 2 aromatic rings. The van der Waals surface area contributed by atoms with Crippen molar-refractivity contribution in [1.82, 2.24) is 0 Å². The fourth-order valence-corrected chi connectivity index (χ4v) is 1.78. The third kappa shape index (κ3) is 3.83. The van der Waals surface area contributed by atoms with E-state index in [0.29, 0.717) is 5.75 Å². The Morgan fingerprint density at radius 3 is 2.00 bits per heavy atom. The van der Waals surface area contributed by atoms with Crippen LogP contribution >= 0.6 is 0 Å². The number of ether oxygens (including phenoxy) is 1. The van der Waals surface area contributed by atoms with Crippen LogP contribution in [0.4, 0.5) is 0 Å². The van der Waals surface area contributed by atoms with Gasteiger partial charge < -0.3 is 14.9 Å². The molecule has 2 aromatic carbocycles. The second-order valence-corrected chi connectivity index (χ2v) is 5.26. The summed E-state index contributed by atoms with van der Waals surface area (Å²) >= 11 is 0. The predicted octanol–water partition coefficient (Wildman–Crippen LogP) is 2.88. The Morgan fingerprint density at radius 1 is 1.05 bits per heavy atom. The van der Waals surface area contributed by atoms with Crippen molar-refractivity contribution in [3.63, 3.8) is 0 Å². The number of hydrogen-bond acceptors (Lipinski definition) is 3. The summed E-state index contributed by atoms with van der Waals surface area (Å²) in [4.78, 5) is 10.8. The van der Waals surface area contributed by atoms with Crippen molar-refractivity contribution in [3.05, 3.63) is 54.1 Å². The quantitative estimate of drug-likeness (QED) is 0.887. The van der Waals surface area contributed by atoms with Gasteiger partial charge in [-0.1, -0.05) is 42.0 Å². The Kier molecular flexibility index (Phi) is 4.29. The zero-order chi connectivity index (χ0) is 15.5. The summed E-state index contributed by atoms with van der Waals surface area (Å²) in [6.07, 6.45) is 0. The minimum absolute atomic E-state index is 0.299. The summed E-state index contributed by atoms with van der Waals surface area (Å²) in [5, 5.41) is 18.4. The maximum atomic E-state index is 10.8. The first kappa shape index (κ1) is 15.1. The lowest BCUT2D eigenvalue weighted by molar-refractivity contribution is -0.159. The topological polar surface area (TPSA) is 66.8 Å². The lowest BCUT2D eigenvalue weighted by Gasteiger charge is -2.18. The molecule has 0 aliphatic rings. The first-order chi connectivity index (χ1) is 9.88. The molecule has 4 nitrogen and oxygen atoms in total. The van der Waals surface area contributed by atoms with E-state index in [2.05, 4.69) is 0 Å². The molecule has 0 heterocycles. The fraction of sp³-hybridized carbons (Fsp3) is 0.235. The van der Waals surface area contributed by atoms with Crippen LogP contribution in [-0.4, -0.2) is 28.4 Å². The molecule has 0 aliphatic carbocycles. The van der Waals surface area contributed by atoms with Gasteiger partial charge in [-0.25, -0.2) is 4.79 Å². The number of aryl methyl sites for hydroxylation is 1. The molecule has 110 valence electrons. The number of carboxylic acids is 1. The molecule has 2 rings (SSSR count). The molecule has 1 unspecified atom stereocenters. The Balaban J connectivity index is 2.06. The average Bonchev–Trinajstić information content (AvgIpc) is 2.46. The molecule has 0 saturated heterocycles. The van der Waals surface area contributed by atoms with Gasteiger partial charge in [0.25, 0.3) is 0 Å². The number of carbonyl (C=O) groups is 1. The summed E-state index contributed by atoms with van der Waals surface area (Å²) in [5.74, 6) is -0.786. The molecule has 0 fully saturated rings. The van der Waals surface area contributed by atoms with Gasteiger partial charge in [-0.3, -0.25) is 0 Å². The van der Waals surface area contributed by atoms with Gasteiger partial charge in [0.1, 0.15) is 12.4 Å². The maximum Gasteiger partial charge on any atom is 0.339 e. The molecule has 0 spiro atoms. The van der Waals surface area contributed by atoms with Gasteiger partial charge in [-0.2, -0.15) is 0 Å². The van der Waals surface area contributed by atoms with Crippen molar-refractivity contribution in [1.29, 1.82) is 0 Å². The van der Waals surface area contributed by atoms with E-state index in [4.69, 9.17) is 9.84 Å². The number of rotatable bonds is 5. The summed E-state index contributed by atoms with van der Waals surface area (Å²) in [5.41, 5.74) is 1.46. The summed E-state index contributed by atoms with van der Waals surface area (Å²) in [7, 11) is 0. The molecule has 21 heavy (non-hydrogen) atoms. The lowest BCUT2D eigenvalue weighted by Crippen LogP contribution is -2.41. The van der Waals surface area contributed by atoms with E-state index in [9.17, 15) is 9.90 Å². The van der Waals surface area contributed by atoms with E-state index in [1.165, 1.54) is 12.5 Å². The molecule has 0 saturated carbocycles. The van der Waals surface area contributed by atoms with Crippen LogP contribution in [0.25, 0.3) is 11.1 Å². The van der Waals surface area contributed by atoms with E-state index < -0.39 is 11.6 Å². The normalized spacial score (nSPS) is 13.5. The third-order valence-electron chi connectivity index (χ3n) is 3.22. The number of aliphatic carboxylic acids is 1. The number of benzene rings is 2. The van der Waals surface area contributed by atoms with Crippen molar-refractivity contribution in [3.8, 4) is 16.9 Å². The van der Waals surface area contributed by atoms with Crippen LogP contribution in [-0.2, 0) is 4.79 Å². The molecular weight excluding hydrogens is 268 g/mol. The van der Waals surface area contributed by atoms with Gasteiger partial charge in [0.2, 0.25) is 0 Å². The lowest BCUT2D eigenvalue weighted by atomic mass is 10.0. The summed E-state index contributed by atoms with van der Waals surface area (Å²) in [6.45, 7) is 2.94. The minimum atomic E-state index is -1.89. The van der Waals surface area contributed by atoms with Crippen LogP contribution in [0.2, 0.25) is 0 Å². The van der Waals surface area contributed by atoms with Crippen molar-refractivity contribution in [2.75, 3.05) is 6.61 Å². The number of hydrogen-bond donors (Lipinski definition) is 2. The molecule has 0 bridgehead atoms. The molecule has 0 amide bonds. The van der Waals surface area contributed by atoms with Crippen LogP contribution in [0.3, 0.4) is 0 Å². The highest BCUT2D eigenvalue weighted by atomic mass is 16.5. The smallest absolute Gasteiger partial charge is 0.339 e. The molecule has 0 aliphatic heterocycles. The highest BCUT2D eigenvalue weighted by Gasteiger charge is 2.30. The molecule has 2 N–H and O–H groups in total. The minimum Gasteiger partial charge on any atom is -0.490 e. The molecule has 0 radical (unpaired) electrons. The molecule has 0 aromatic heterocycles. The second-order valence-electron chi connectivity index (χ2n) is 5.26. The highest BCUT2D eigenvalue weighted by Crippen LogP contribution is 2.23. The molecule has 1 atom stereocenters. The Bertz CT molecular complexity index is 612. The number of carboxylic acid groups (broad SMARTS) is 1. The van der Waals surface area contributed by atoms with Gasteiger partial charge in [0, 0.05) is 0 Å². The predicted molar refractivity (Wildman–Crippen MR) is 80.4 cm³/mol. The van der Waals surface area contributed by atoms with Crippen LogP contribution in [0.1, 0.15) is 12.5 Å². The largest absolute Gasteiger partial charge is 0.490 e. The van der Waals surface area contributed by atoms with Gasteiger partial charge >= 0.3 is 5.97 Å². The highest BCUT2D eigenvalue weighted by molar-refractivity contribution is 5.76. The van der Waals surface area contributed by atoms with Crippen molar-refractivity contribution < 1.29 is 19.7 Å². The van der Waals surface area contributed by atoms with Crippen LogP contribution in [0.5, 0.6) is 5.75 Å². The summed E-state index contributed by atoms with van der Waals surface area (Å²) in [6, 6.07) is 15.5. The fourth-order valence-electron chi connectivity index (χ4n) is 1.78. The van der Waals surface area contributed by atoms with Gasteiger partial charge in [0.05, 0.1) is 0 Å². The van der Waals surface area contributed by atoms with E-state index in [0.717, 1.165) is 11.1 Å². The second kappa shape index (κ2) is 5.97. The van der Waals surface area contributed by atoms with Crippen LogP contribution < -0.4 is 4.74 Å². The van der Waals surface area contributed by atoms with Gasteiger partial charge in [-0.05, 0) is 37.1 Å². The summed E-state index contributed by atoms with van der Waals surface area (Å²) < 4.78 is 5.31. The van der Waals surface area contributed by atoms with Gasteiger partial charge in [0.15, 0.2) is 5.60 Å². The first-order valence-electron chi connectivity index (χ1n) is 6.64. The Hall–Kier alpha value is -2.33. The maximum absolute atomic E-state index is 10.8. The number of aliphatic hydroxyl groups is 1. The van der Waals surface area contributed by atoms with E-state index in [1.54, 1.807) is 12.1 Å². The van der Waals surface area contributed by atoms with Crippen molar-refractivity contribution >= 4 is 5.97 Å². The molecule has 4 heteroatoms. The zero-order valence-corrected chi connectivity index (χ0v) is 12.0. The first-order valence-corrected chi connectivity index (χ1v) is 6.64. The zero-order valence-electron chi connectivity index (χ0n) is 12.0. The average molecular weight is 286 g/mol. The van der Waals surface area contributed by atoms with Crippen molar-refractivity contribution in [2.24, 2.45) is 0 Å². The monoisotopic (exact) mass is 286 g/mol. The van der Waals surface area contributed by atoms with Crippen LogP contribution in [0.15, 0.2) is 48.5 Å². The van der Waals surface area contributed by atoms with E-state index in [-0.39, 0.29) is 6.61 Å². The Morgan fingerprint density at radius 2 is 1.52 bits per heavy atom. The Labute approximate surface area is 123 Å². The van der Waals surface area contributed by atoms with Gasteiger partial charge in [-0.15, -0.1) is 0 Å². The van der Waals surface area contributed by atoms with E-state index in [1.807, 2.05) is 43.3 Å². The standard InChI is InChI=1S/C17H18O4/c1-12-3-5-13(6-4-12)14-7-9-15(10-8-14)21-11-17(2,20)16(18)19/h3-10,20H,11H2,1-2H3,(H,18,19). The third-order valence-corrected chi connectivity index (χ3v) is 3.22. The van der Waals surface area contributed by atoms with E-state index >= 15 is 0 Å². The molecular formula is C17H18O4. The van der Waals surface area contributed by atoms with Crippen molar-refractivity contribution in [2.45, 2.75) is 19.4 Å². The SMILES string of the molecule is Cc1ccc(-c2ccc(OCC(C)(O)C(=O)O)cc2)cc1.